The van der Waals surface area contributed by atoms with Crippen LogP contribution < -0.4 is 5.32 Å². The molecule has 4 nitrogen and oxygen atoms in total. The molecule has 17 heavy (non-hydrogen) atoms. The molecule has 0 amide bonds. The molecular formula is C12H14N2O2S. The summed E-state index contributed by atoms with van der Waals surface area (Å²) in [5.41, 5.74) is 3.82. The molecule has 1 aromatic heterocycles. The topological polar surface area (TPSA) is 51.2 Å². The van der Waals surface area contributed by atoms with Crippen molar-refractivity contribution in [1.82, 2.24) is 4.98 Å². The first kappa shape index (κ1) is 11.9. The van der Waals surface area contributed by atoms with E-state index in [0.717, 1.165) is 15.9 Å². The van der Waals surface area contributed by atoms with Gasteiger partial charge in [-0.3, -0.25) is 4.79 Å². The van der Waals surface area contributed by atoms with Crippen LogP contribution in [0, 0.1) is 5.92 Å². The predicted octanol–water partition coefficient (Wildman–Crippen LogP) is 2.52. The van der Waals surface area contributed by atoms with E-state index in [2.05, 4.69) is 15.0 Å². The third-order valence-corrected chi connectivity index (χ3v) is 3.34. The van der Waals surface area contributed by atoms with Crippen molar-refractivity contribution in [3.8, 4) is 0 Å². The third-order valence-electron chi connectivity index (χ3n) is 2.55. The van der Waals surface area contributed by atoms with Crippen molar-refractivity contribution in [2.45, 2.75) is 6.92 Å². The summed E-state index contributed by atoms with van der Waals surface area (Å²) in [5, 5.41) is 3.22. The van der Waals surface area contributed by atoms with Crippen molar-refractivity contribution in [2.75, 3.05) is 19.0 Å². The molecule has 90 valence electrons. The molecule has 2 aromatic rings. The van der Waals surface area contributed by atoms with Crippen LogP contribution >= 0.6 is 11.3 Å². The molecule has 1 heterocycles. The first-order valence-electron chi connectivity index (χ1n) is 5.35. The number of esters is 1. The number of aromatic nitrogens is 1. The van der Waals surface area contributed by atoms with Gasteiger partial charge < -0.3 is 10.1 Å². The molecule has 0 radical (unpaired) electrons. The lowest BCUT2D eigenvalue weighted by Crippen LogP contribution is -2.21. The number of benzene rings is 1. The molecule has 0 aliphatic carbocycles. The predicted molar refractivity (Wildman–Crippen MR) is 69.3 cm³/mol. The van der Waals surface area contributed by atoms with E-state index in [-0.39, 0.29) is 11.9 Å². The first-order valence-corrected chi connectivity index (χ1v) is 6.23. The molecule has 0 spiro atoms. The van der Waals surface area contributed by atoms with Crippen LogP contribution in [0.5, 0.6) is 0 Å². The van der Waals surface area contributed by atoms with Crippen molar-refractivity contribution in [1.29, 1.82) is 0 Å². The average Bonchev–Trinajstić information content (AvgIpc) is 2.82. The molecule has 2 rings (SSSR count). The molecule has 1 unspecified atom stereocenters. The Morgan fingerprint density at radius 1 is 1.59 bits per heavy atom. The number of nitrogens with one attached hydrogen (secondary N) is 1. The average molecular weight is 250 g/mol. The maximum Gasteiger partial charge on any atom is 0.310 e. The molecule has 1 aromatic carbocycles. The number of anilines is 1. The second kappa shape index (κ2) is 5.14. The molecule has 0 bridgehead atoms. The lowest BCUT2D eigenvalue weighted by atomic mass is 10.2. The Kier molecular flexibility index (Phi) is 3.58. The number of hydrogen-bond donors (Lipinski definition) is 1. The summed E-state index contributed by atoms with van der Waals surface area (Å²) in [6, 6.07) is 5.97. The van der Waals surface area contributed by atoms with Crippen LogP contribution in [0.1, 0.15) is 6.92 Å². The van der Waals surface area contributed by atoms with Gasteiger partial charge in [-0.15, -0.1) is 11.3 Å². The zero-order valence-corrected chi connectivity index (χ0v) is 10.6. The van der Waals surface area contributed by atoms with E-state index in [1.54, 1.807) is 11.3 Å². The van der Waals surface area contributed by atoms with Gasteiger partial charge in [-0.1, -0.05) is 6.92 Å². The van der Waals surface area contributed by atoms with E-state index in [9.17, 15) is 4.79 Å². The summed E-state index contributed by atoms with van der Waals surface area (Å²) in [6.07, 6.45) is 0. The standard InChI is InChI=1S/C12H14N2O2S/c1-8(12(15)16-2)6-13-9-3-4-10-11(5-9)17-7-14-10/h3-5,7-8,13H,6H2,1-2H3. The number of hydrogen-bond acceptors (Lipinski definition) is 5. The number of nitrogens with zero attached hydrogens (tertiary/aromatic N) is 1. The van der Waals surface area contributed by atoms with E-state index < -0.39 is 0 Å². The van der Waals surface area contributed by atoms with Crippen LogP contribution in [0.25, 0.3) is 10.2 Å². The van der Waals surface area contributed by atoms with Crippen LogP contribution in [0.2, 0.25) is 0 Å². The highest BCUT2D eigenvalue weighted by Crippen LogP contribution is 2.21. The molecule has 1 atom stereocenters. The van der Waals surface area contributed by atoms with Gasteiger partial charge in [-0.25, -0.2) is 4.98 Å². The number of methoxy groups -OCH3 is 1. The van der Waals surface area contributed by atoms with E-state index >= 15 is 0 Å². The molecule has 0 saturated carbocycles. The SMILES string of the molecule is COC(=O)C(C)CNc1ccc2ncsc2c1. The van der Waals surface area contributed by atoms with E-state index in [1.807, 2.05) is 30.6 Å². The van der Waals surface area contributed by atoms with Crippen LogP contribution in [0.3, 0.4) is 0 Å². The molecule has 0 aliphatic heterocycles. The Balaban J connectivity index is 2.01. The fraction of sp³-hybridized carbons (Fsp3) is 0.333. The monoisotopic (exact) mass is 250 g/mol. The Morgan fingerprint density at radius 3 is 3.18 bits per heavy atom. The summed E-state index contributed by atoms with van der Waals surface area (Å²) in [5.74, 6) is -0.353. The lowest BCUT2D eigenvalue weighted by Gasteiger charge is -2.11. The smallest absolute Gasteiger partial charge is 0.310 e. The minimum atomic E-state index is -0.198. The van der Waals surface area contributed by atoms with Crippen molar-refractivity contribution in [3.05, 3.63) is 23.7 Å². The second-order valence-electron chi connectivity index (χ2n) is 3.84. The number of ether oxygens (including phenoxy) is 1. The zero-order chi connectivity index (χ0) is 12.3. The van der Waals surface area contributed by atoms with Crippen LogP contribution in [-0.4, -0.2) is 24.6 Å². The summed E-state index contributed by atoms with van der Waals surface area (Å²) in [7, 11) is 1.40. The first-order chi connectivity index (χ1) is 8.20. The summed E-state index contributed by atoms with van der Waals surface area (Å²) in [4.78, 5) is 15.4. The minimum absolute atomic E-state index is 0.155. The maximum atomic E-state index is 11.2. The van der Waals surface area contributed by atoms with Crippen LogP contribution in [0.15, 0.2) is 23.7 Å². The van der Waals surface area contributed by atoms with Crippen molar-refractivity contribution in [2.24, 2.45) is 5.92 Å². The van der Waals surface area contributed by atoms with Gasteiger partial charge in [0, 0.05) is 12.2 Å². The third kappa shape index (κ3) is 2.74. The van der Waals surface area contributed by atoms with Crippen molar-refractivity contribution >= 4 is 33.2 Å². The van der Waals surface area contributed by atoms with E-state index in [1.165, 1.54) is 7.11 Å². The number of carbonyl (C=O) groups is 1. The van der Waals surface area contributed by atoms with Gasteiger partial charge in [0.1, 0.15) is 0 Å². The van der Waals surface area contributed by atoms with E-state index in [4.69, 9.17) is 0 Å². The molecule has 0 saturated heterocycles. The largest absolute Gasteiger partial charge is 0.469 e. The minimum Gasteiger partial charge on any atom is -0.469 e. The number of fused-ring (bicyclic) bond motifs is 1. The Morgan fingerprint density at radius 2 is 2.41 bits per heavy atom. The van der Waals surface area contributed by atoms with Gasteiger partial charge >= 0.3 is 5.97 Å². The molecule has 0 fully saturated rings. The van der Waals surface area contributed by atoms with Crippen LogP contribution in [0.4, 0.5) is 5.69 Å². The van der Waals surface area contributed by atoms with Gasteiger partial charge in [0.2, 0.25) is 0 Å². The molecular weight excluding hydrogens is 236 g/mol. The fourth-order valence-corrected chi connectivity index (χ4v) is 2.24. The highest BCUT2D eigenvalue weighted by molar-refractivity contribution is 7.16. The Hall–Kier alpha value is -1.62. The number of rotatable bonds is 4. The quantitative estimate of drug-likeness (QED) is 0.847. The number of carbonyl (C=O) groups excluding carboxylic acids is 1. The van der Waals surface area contributed by atoms with Gasteiger partial charge in [0.15, 0.2) is 0 Å². The highest BCUT2D eigenvalue weighted by Gasteiger charge is 2.12. The van der Waals surface area contributed by atoms with E-state index in [0.29, 0.717) is 6.54 Å². The van der Waals surface area contributed by atoms with Gasteiger partial charge in [0.25, 0.3) is 0 Å². The summed E-state index contributed by atoms with van der Waals surface area (Å²) in [6.45, 7) is 2.40. The lowest BCUT2D eigenvalue weighted by molar-refractivity contribution is -0.144. The molecule has 5 heteroatoms. The maximum absolute atomic E-state index is 11.2. The number of thiazole rings is 1. The van der Waals surface area contributed by atoms with Crippen molar-refractivity contribution in [3.63, 3.8) is 0 Å². The highest BCUT2D eigenvalue weighted by atomic mass is 32.1. The molecule has 1 N–H and O–H groups in total. The molecule has 0 aliphatic rings. The van der Waals surface area contributed by atoms with Crippen molar-refractivity contribution < 1.29 is 9.53 Å². The Labute approximate surface area is 104 Å². The zero-order valence-electron chi connectivity index (χ0n) is 9.77. The second-order valence-corrected chi connectivity index (χ2v) is 4.73. The van der Waals surface area contributed by atoms with Gasteiger partial charge in [-0.05, 0) is 18.2 Å². The van der Waals surface area contributed by atoms with Gasteiger partial charge in [-0.2, -0.15) is 0 Å². The summed E-state index contributed by atoms with van der Waals surface area (Å²) < 4.78 is 5.81. The normalized spacial score (nSPS) is 12.4. The summed E-state index contributed by atoms with van der Waals surface area (Å²) >= 11 is 1.60. The Bertz CT molecular complexity index is 524. The van der Waals surface area contributed by atoms with Gasteiger partial charge in [0.05, 0.1) is 28.8 Å². The fourth-order valence-electron chi connectivity index (χ4n) is 1.52. The van der Waals surface area contributed by atoms with Crippen LogP contribution in [-0.2, 0) is 9.53 Å².